The van der Waals surface area contributed by atoms with Crippen LogP contribution in [0.5, 0.6) is 0 Å². The lowest BCUT2D eigenvalue weighted by atomic mass is 9.95. The quantitative estimate of drug-likeness (QED) is 0.839. The molecule has 3 atom stereocenters. The molecule has 5 nitrogen and oxygen atoms in total. The summed E-state index contributed by atoms with van der Waals surface area (Å²) in [6.45, 7) is 7.64. The number of piperidine rings is 1. The monoisotopic (exact) mass is 367 g/mol. The fourth-order valence-electron chi connectivity index (χ4n) is 5.21. The smallest absolute Gasteiger partial charge is 0.135 e. The molecule has 1 aromatic carbocycles. The van der Waals surface area contributed by atoms with Crippen LogP contribution in [-0.4, -0.2) is 38.3 Å². The van der Waals surface area contributed by atoms with Gasteiger partial charge in [0, 0.05) is 36.6 Å². The number of hydrogen-bond donors (Lipinski definition) is 1. The Morgan fingerprint density at radius 3 is 2.33 bits per heavy atom. The van der Waals surface area contributed by atoms with Gasteiger partial charge in [-0.1, -0.05) is 44.2 Å². The fraction of sp³-hybridized carbons (Fsp3) is 0.636. The second kappa shape index (κ2) is 7.72. The summed E-state index contributed by atoms with van der Waals surface area (Å²) in [4.78, 5) is 2.74. The van der Waals surface area contributed by atoms with Gasteiger partial charge in [0.25, 0.3) is 0 Å². The maximum Gasteiger partial charge on any atom is 0.135 e. The van der Waals surface area contributed by atoms with E-state index >= 15 is 0 Å². The third kappa shape index (κ3) is 3.67. The van der Waals surface area contributed by atoms with E-state index in [-0.39, 0.29) is 6.04 Å². The van der Waals surface area contributed by atoms with E-state index in [2.05, 4.69) is 70.8 Å². The summed E-state index contributed by atoms with van der Waals surface area (Å²) in [6.07, 6.45) is 6.11. The molecule has 2 saturated heterocycles. The Kier molecular flexibility index (Phi) is 5.33. The third-order valence-electron chi connectivity index (χ3n) is 6.56. The van der Waals surface area contributed by atoms with Crippen LogP contribution in [-0.2, 0) is 0 Å². The average Bonchev–Trinajstić information content (AvgIpc) is 3.16. The zero-order valence-corrected chi connectivity index (χ0v) is 16.9. The van der Waals surface area contributed by atoms with E-state index in [0.29, 0.717) is 24.0 Å². The molecule has 0 radical (unpaired) electrons. The highest BCUT2D eigenvalue weighted by atomic mass is 15.3. The Hall–Kier alpha value is -1.72. The lowest BCUT2D eigenvalue weighted by Crippen LogP contribution is -2.44. The lowest BCUT2D eigenvalue weighted by Gasteiger charge is -2.40. The highest BCUT2D eigenvalue weighted by Gasteiger charge is 2.42. The number of nitrogens with two attached hydrogens (primary N) is 1. The van der Waals surface area contributed by atoms with Gasteiger partial charge in [0.1, 0.15) is 11.6 Å². The van der Waals surface area contributed by atoms with E-state index in [0.717, 1.165) is 24.6 Å². The highest BCUT2D eigenvalue weighted by molar-refractivity contribution is 5.18. The second-order valence-electron chi connectivity index (χ2n) is 8.68. The maximum absolute atomic E-state index is 6.45. The highest BCUT2D eigenvalue weighted by Crippen LogP contribution is 2.42. The van der Waals surface area contributed by atoms with Crippen molar-refractivity contribution in [2.24, 2.45) is 5.73 Å². The standard InChI is InChI=1S/C22H33N5/c1-15(2)22-25-24-16(3)27(22)20-13-18-9-10-19(14-20)26(18)12-11-21(23)17-7-5-4-6-8-17/h4-8,15,18-21H,9-14,23H2,1-3H3/t18-,19-,21?/m0/s1. The van der Waals surface area contributed by atoms with Crippen molar-refractivity contribution in [1.82, 2.24) is 19.7 Å². The van der Waals surface area contributed by atoms with Crippen molar-refractivity contribution < 1.29 is 0 Å². The molecule has 3 heterocycles. The maximum atomic E-state index is 6.45. The van der Waals surface area contributed by atoms with Gasteiger partial charge in [0.05, 0.1) is 0 Å². The first-order valence-corrected chi connectivity index (χ1v) is 10.5. The molecule has 2 N–H and O–H groups in total. The van der Waals surface area contributed by atoms with Crippen LogP contribution in [0.2, 0.25) is 0 Å². The van der Waals surface area contributed by atoms with Crippen LogP contribution >= 0.6 is 0 Å². The van der Waals surface area contributed by atoms with Gasteiger partial charge in [-0.05, 0) is 44.6 Å². The van der Waals surface area contributed by atoms with E-state index in [1.165, 1.54) is 31.2 Å². The molecule has 5 heteroatoms. The van der Waals surface area contributed by atoms with Crippen LogP contribution in [0.25, 0.3) is 0 Å². The SMILES string of the molecule is Cc1nnc(C(C)C)n1C1C[C@@H]2CC[C@@H](C1)N2CCC(N)c1ccccc1. The second-order valence-corrected chi connectivity index (χ2v) is 8.68. The topological polar surface area (TPSA) is 60.0 Å². The number of aryl methyl sites for hydroxylation is 1. The molecule has 2 aliphatic rings. The molecule has 2 fully saturated rings. The first kappa shape index (κ1) is 18.6. The molecule has 27 heavy (non-hydrogen) atoms. The van der Waals surface area contributed by atoms with Gasteiger partial charge < -0.3 is 10.3 Å². The summed E-state index contributed by atoms with van der Waals surface area (Å²) in [5.74, 6) is 2.64. The summed E-state index contributed by atoms with van der Waals surface area (Å²) in [7, 11) is 0. The Morgan fingerprint density at radius 1 is 1.04 bits per heavy atom. The van der Waals surface area contributed by atoms with Gasteiger partial charge in [-0.2, -0.15) is 0 Å². The van der Waals surface area contributed by atoms with Crippen molar-refractivity contribution in [2.45, 2.75) is 83.0 Å². The van der Waals surface area contributed by atoms with Crippen molar-refractivity contribution in [1.29, 1.82) is 0 Å². The lowest BCUT2D eigenvalue weighted by molar-refractivity contribution is 0.101. The minimum atomic E-state index is 0.135. The van der Waals surface area contributed by atoms with Gasteiger partial charge in [-0.15, -0.1) is 10.2 Å². The van der Waals surface area contributed by atoms with E-state index in [1.807, 2.05) is 0 Å². The molecule has 1 unspecified atom stereocenters. The number of fused-ring (bicyclic) bond motifs is 2. The molecular weight excluding hydrogens is 334 g/mol. The summed E-state index contributed by atoms with van der Waals surface area (Å²) in [6, 6.07) is 12.6. The normalized spacial score (nSPS) is 26.6. The first-order valence-electron chi connectivity index (χ1n) is 10.5. The van der Waals surface area contributed by atoms with Crippen LogP contribution in [0.3, 0.4) is 0 Å². The Balaban J connectivity index is 1.42. The number of aromatic nitrogens is 3. The van der Waals surface area contributed by atoms with Gasteiger partial charge in [-0.3, -0.25) is 4.90 Å². The van der Waals surface area contributed by atoms with Crippen molar-refractivity contribution in [2.75, 3.05) is 6.54 Å². The van der Waals surface area contributed by atoms with Gasteiger partial charge in [0.2, 0.25) is 0 Å². The number of hydrogen-bond acceptors (Lipinski definition) is 4. The molecule has 0 amide bonds. The molecule has 4 rings (SSSR count). The molecule has 0 saturated carbocycles. The molecule has 2 aromatic rings. The van der Waals surface area contributed by atoms with Crippen LogP contribution in [0, 0.1) is 6.92 Å². The zero-order chi connectivity index (χ0) is 19.0. The Bertz CT molecular complexity index is 739. The minimum Gasteiger partial charge on any atom is -0.324 e. The van der Waals surface area contributed by atoms with Gasteiger partial charge in [-0.25, -0.2) is 0 Å². The molecular formula is C22H33N5. The summed E-state index contributed by atoms with van der Waals surface area (Å²) in [5, 5.41) is 8.83. The predicted octanol–water partition coefficient (Wildman–Crippen LogP) is 3.97. The molecule has 2 aliphatic heterocycles. The average molecular weight is 368 g/mol. The largest absolute Gasteiger partial charge is 0.324 e. The van der Waals surface area contributed by atoms with Crippen molar-refractivity contribution >= 4 is 0 Å². The molecule has 1 aromatic heterocycles. The van der Waals surface area contributed by atoms with Gasteiger partial charge in [0.15, 0.2) is 0 Å². The van der Waals surface area contributed by atoms with E-state index in [4.69, 9.17) is 5.73 Å². The van der Waals surface area contributed by atoms with Crippen molar-refractivity contribution in [3.8, 4) is 0 Å². The number of benzene rings is 1. The minimum absolute atomic E-state index is 0.135. The van der Waals surface area contributed by atoms with Crippen LogP contribution in [0.15, 0.2) is 30.3 Å². The summed E-state index contributed by atoms with van der Waals surface area (Å²) < 4.78 is 2.43. The van der Waals surface area contributed by atoms with Crippen molar-refractivity contribution in [3.05, 3.63) is 47.5 Å². The van der Waals surface area contributed by atoms with E-state index in [1.54, 1.807) is 0 Å². The Labute approximate surface area is 163 Å². The number of nitrogens with zero attached hydrogens (tertiary/aromatic N) is 4. The molecule has 0 aliphatic carbocycles. The van der Waals surface area contributed by atoms with Crippen LogP contribution < -0.4 is 5.73 Å². The van der Waals surface area contributed by atoms with Crippen molar-refractivity contribution in [3.63, 3.8) is 0 Å². The van der Waals surface area contributed by atoms with Crippen LogP contribution in [0.1, 0.15) is 81.2 Å². The van der Waals surface area contributed by atoms with Crippen LogP contribution in [0.4, 0.5) is 0 Å². The first-order chi connectivity index (χ1) is 13.0. The number of rotatable bonds is 6. The summed E-state index contributed by atoms with van der Waals surface area (Å²) >= 11 is 0. The predicted molar refractivity (Wildman–Crippen MR) is 109 cm³/mol. The Morgan fingerprint density at radius 2 is 1.70 bits per heavy atom. The molecule has 2 bridgehead atoms. The fourth-order valence-corrected chi connectivity index (χ4v) is 5.21. The van der Waals surface area contributed by atoms with E-state index < -0.39 is 0 Å². The third-order valence-corrected chi connectivity index (χ3v) is 6.56. The van der Waals surface area contributed by atoms with Gasteiger partial charge >= 0.3 is 0 Å². The molecule has 146 valence electrons. The zero-order valence-electron chi connectivity index (χ0n) is 16.9. The summed E-state index contributed by atoms with van der Waals surface area (Å²) in [5.41, 5.74) is 7.70. The molecule has 0 spiro atoms. The van der Waals surface area contributed by atoms with E-state index in [9.17, 15) is 0 Å².